The third-order valence-corrected chi connectivity index (χ3v) is 5.36. The SMILES string of the molecule is Cc1nc(Oc2ccccc2)cc(N2CCN(C(=O)c3cccc(-n4cnnn4)c3)CC2)n1. The van der Waals surface area contributed by atoms with E-state index in [1.165, 1.54) is 11.0 Å². The molecule has 0 atom stereocenters. The number of para-hydroxylation sites is 1. The fourth-order valence-electron chi connectivity index (χ4n) is 3.73. The van der Waals surface area contributed by atoms with Gasteiger partial charge in [-0.1, -0.05) is 24.3 Å². The van der Waals surface area contributed by atoms with Gasteiger partial charge in [0.15, 0.2) is 0 Å². The number of anilines is 1. The maximum Gasteiger partial charge on any atom is 0.254 e. The summed E-state index contributed by atoms with van der Waals surface area (Å²) >= 11 is 0. The molecular formula is C23H22N8O2. The standard InChI is InChI=1S/C23H22N8O2/c1-17-25-21(15-22(26-17)33-20-8-3-2-4-9-20)29-10-12-30(13-11-29)23(32)18-6-5-7-19(14-18)31-16-24-27-28-31/h2-9,14-16H,10-13H2,1H3. The summed E-state index contributed by atoms with van der Waals surface area (Å²) in [6, 6.07) is 18.7. The molecule has 5 rings (SSSR count). The number of aromatic nitrogens is 6. The second-order valence-electron chi connectivity index (χ2n) is 7.61. The van der Waals surface area contributed by atoms with E-state index in [1.54, 1.807) is 6.07 Å². The van der Waals surface area contributed by atoms with Crippen molar-refractivity contribution < 1.29 is 9.53 Å². The molecule has 10 heteroatoms. The highest BCUT2D eigenvalue weighted by molar-refractivity contribution is 5.95. The van der Waals surface area contributed by atoms with Crippen LogP contribution in [0.5, 0.6) is 11.6 Å². The molecule has 1 aliphatic rings. The van der Waals surface area contributed by atoms with E-state index in [0.29, 0.717) is 43.4 Å². The van der Waals surface area contributed by atoms with Gasteiger partial charge in [0.05, 0.1) is 5.69 Å². The molecule has 166 valence electrons. The van der Waals surface area contributed by atoms with Gasteiger partial charge in [0.25, 0.3) is 5.91 Å². The fourth-order valence-corrected chi connectivity index (χ4v) is 3.73. The van der Waals surface area contributed by atoms with Gasteiger partial charge >= 0.3 is 0 Å². The number of hydrogen-bond acceptors (Lipinski definition) is 8. The molecule has 0 bridgehead atoms. The lowest BCUT2D eigenvalue weighted by Gasteiger charge is -2.35. The zero-order valence-corrected chi connectivity index (χ0v) is 18.1. The zero-order valence-electron chi connectivity index (χ0n) is 18.1. The predicted molar refractivity (Wildman–Crippen MR) is 121 cm³/mol. The number of ether oxygens (including phenoxy) is 1. The Hall–Kier alpha value is -4.34. The topological polar surface area (TPSA) is 102 Å². The van der Waals surface area contributed by atoms with Crippen LogP contribution in [0.25, 0.3) is 5.69 Å². The highest BCUT2D eigenvalue weighted by Gasteiger charge is 2.24. The van der Waals surface area contributed by atoms with Gasteiger partial charge in [-0.05, 0) is 47.7 Å². The number of piperazine rings is 1. The van der Waals surface area contributed by atoms with Crippen LogP contribution in [0.1, 0.15) is 16.2 Å². The monoisotopic (exact) mass is 442 g/mol. The summed E-state index contributed by atoms with van der Waals surface area (Å²) in [5, 5.41) is 11.2. The second kappa shape index (κ2) is 9.03. The molecule has 3 heterocycles. The summed E-state index contributed by atoms with van der Waals surface area (Å²) in [5.41, 5.74) is 1.35. The third-order valence-electron chi connectivity index (χ3n) is 5.36. The number of benzene rings is 2. The van der Waals surface area contributed by atoms with Gasteiger partial charge in [0.1, 0.15) is 23.7 Å². The Labute approximate surface area is 190 Å². The van der Waals surface area contributed by atoms with Crippen molar-refractivity contribution in [1.29, 1.82) is 0 Å². The van der Waals surface area contributed by atoms with Gasteiger partial charge in [-0.15, -0.1) is 5.10 Å². The average Bonchev–Trinajstić information content (AvgIpc) is 3.39. The number of carbonyl (C=O) groups excluding carboxylic acids is 1. The molecule has 1 amide bonds. The molecule has 33 heavy (non-hydrogen) atoms. The van der Waals surface area contributed by atoms with E-state index in [4.69, 9.17) is 4.74 Å². The van der Waals surface area contributed by atoms with Crippen molar-refractivity contribution in [2.45, 2.75) is 6.92 Å². The molecule has 1 fully saturated rings. The molecular weight excluding hydrogens is 420 g/mol. The fraction of sp³-hybridized carbons (Fsp3) is 0.217. The Morgan fingerprint density at radius 3 is 2.52 bits per heavy atom. The van der Waals surface area contributed by atoms with Crippen LogP contribution in [0.2, 0.25) is 0 Å². The first-order chi connectivity index (χ1) is 16.2. The van der Waals surface area contributed by atoms with Crippen molar-refractivity contribution in [3.8, 4) is 17.3 Å². The quantitative estimate of drug-likeness (QED) is 0.465. The number of amides is 1. The van der Waals surface area contributed by atoms with Crippen LogP contribution in [0, 0.1) is 6.92 Å². The highest BCUT2D eigenvalue weighted by atomic mass is 16.5. The lowest BCUT2D eigenvalue weighted by molar-refractivity contribution is 0.0746. The van der Waals surface area contributed by atoms with Crippen LogP contribution in [0.3, 0.4) is 0 Å². The van der Waals surface area contributed by atoms with Crippen LogP contribution in [0.4, 0.5) is 5.82 Å². The van der Waals surface area contributed by atoms with Crippen LogP contribution in [-0.4, -0.2) is 67.2 Å². The largest absolute Gasteiger partial charge is 0.439 e. The molecule has 2 aromatic heterocycles. The molecule has 0 radical (unpaired) electrons. The lowest BCUT2D eigenvalue weighted by atomic mass is 10.1. The van der Waals surface area contributed by atoms with Gasteiger partial charge in [0, 0.05) is 37.8 Å². The molecule has 10 nitrogen and oxygen atoms in total. The minimum atomic E-state index is -0.0171. The number of nitrogens with zero attached hydrogens (tertiary/aromatic N) is 8. The summed E-state index contributed by atoms with van der Waals surface area (Å²) in [4.78, 5) is 26.0. The summed E-state index contributed by atoms with van der Waals surface area (Å²) < 4.78 is 7.42. The van der Waals surface area contributed by atoms with E-state index in [9.17, 15) is 4.79 Å². The van der Waals surface area contributed by atoms with Gasteiger partial charge in [-0.3, -0.25) is 4.79 Å². The number of aryl methyl sites for hydroxylation is 1. The Morgan fingerprint density at radius 1 is 0.939 bits per heavy atom. The maximum absolute atomic E-state index is 13.1. The minimum absolute atomic E-state index is 0.0171. The molecule has 4 aromatic rings. The van der Waals surface area contributed by atoms with Crippen molar-refractivity contribution in [2.24, 2.45) is 0 Å². The Bertz CT molecular complexity index is 1240. The summed E-state index contributed by atoms with van der Waals surface area (Å²) in [5.74, 6) is 2.64. The molecule has 0 unspecified atom stereocenters. The first-order valence-electron chi connectivity index (χ1n) is 10.6. The van der Waals surface area contributed by atoms with Gasteiger partial charge in [0.2, 0.25) is 5.88 Å². The molecule has 0 saturated carbocycles. The predicted octanol–water partition coefficient (Wildman–Crippen LogP) is 2.52. The van der Waals surface area contributed by atoms with Gasteiger partial charge < -0.3 is 14.5 Å². The average molecular weight is 442 g/mol. The van der Waals surface area contributed by atoms with Gasteiger partial charge in [-0.2, -0.15) is 4.98 Å². The van der Waals surface area contributed by atoms with Crippen LogP contribution in [0.15, 0.2) is 67.0 Å². The lowest BCUT2D eigenvalue weighted by Crippen LogP contribution is -2.49. The van der Waals surface area contributed by atoms with E-state index >= 15 is 0 Å². The summed E-state index contributed by atoms with van der Waals surface area (Å²) in [6.45, 7) is 4.36. The molecule has 0 aliphatic carbocycles. The zero-order chi connectivity index (χ0) is 22.6. The van der Waals surface area contributed by atoms with Gasteiger partial charge in [-0.25, -0.2) is 9.67 Å². The normalized spacial score (nSPS) is 13.7. The van der Waals surface area contributed by atoms with Crippen molar-refractivity contribution in [3.05, 3.63) is 78.4 Å². The number of tetrazole rings is 1. The summed E-state index contributed by atoms with van der Waals surface area (Å²) in [6.07, 6.45) is 1.50. The molecule has 2 aromatic carbocycles. The number of rotatable bonds is 5. The molecule has 1 aliphatic heterocycles. The van der Waals surface area contributed by atoms with E-state index in [2.05, 4.69) is 30.4 Å². The van der Waals surface area contributed by atoms with E-state index < -0.39 is 0 Å². The minimum Gasteiger partial charge on any atom is -0.439 e. The van der Waals surface area contributed by atoms with Crippen LogP contribution < -0.4 is 9.64 Å². The number of hydrogen-bond donors (Lipinski definition) is 0. The molecule has 1 saturated heterocycles. The third kappa shape index (κ3) is 4.64. The molecule has 0 spiro atoms. The molecule has 0 N–H and O–H groups in total. The van der Waals surface area contributed by atoms with Crippen molar-refractivity contribution in [1.82, 2.24) is 35.1 Å². The second-order valence-corrected chi connectivity index (χ2v) is 7.61. The van der Waals surface area contributed by atoms with Crippen molar-refractivity contribution in [3.63, 3.8) is 0 Å². The van der Waals surface area contributed by atoms with Crippen LogP contribution in [-0.2, 0) is 0 Å². The van der Waals surface area contributed by atoms with E-state index in [1.807, 2.05) is 66.4 Å². The van der Waals surface area contributed by atoms with Crippen LogP contribution >= 0.6 is 0 Å². The van der Waals surface area contributed by atoms with E-state index in [0.717, 1.165) is 17.3 Å². The number of carbonyl (C=O) groups is 1. The first-order valence-corrected chi connectivity index (χ1v) is 10.6. The van der Waals surface area contributed by atoms with Crippen molar-refractivity contribution in [2.75, 3.05) is 31.1 Å². The van der Waals surface area contributed by atoms with E-state index in [-0.39, 0.29) is 5.91 Å². The van der Waals surface area contributed by atoms with Crippen molar-refractivity contribution >= 4 is 11.7 Å². The Kier molecular flexibility index (Phi) is 5.62. The smallest absolute Gasteiger partial charge is 0.254 e. The first kappa shape index (κ1) is 20.6. The Balaban J connectivity index is 1.26. The summed E-state index contributed by atoms with van der Waals surface area (Å²) in [7, 11) is 0. The Morgan fingerprint density at radius 2 is 1.76 bits per heavy atom. The maximum atomic E-state index is 13.1. The highest BCUT2D eigenvalue weighted by Crippen LogP contribution is 2.24.